The molecule has 1 aliphatic carbocycles. The summed E-state index contributed by atoms with van der Waals surface area (Å²) < 4.78 is 6.40. The summed E-state index contributed by atoms with van der Waals surface area (Å²) in [5, 5.41) is 1.23. The lowest BCUT2D eigenvalue weighted by molar-refractivity contribution is 0.483. The molecule has 1 unspecified atom stereocenters. The zero-order valence-electron chi connectivity index (χ0n) is 15.4. The molecule has 0 bridgehead atoms. The monoisotopic (exact) mass is 340 g/mol. The van der Waals surface area contributed by atoms with Crippen LogP contribution in [0.3, 0.4) is 0 Å². The molecule has 4 rings (SSSR count). The van der Waals surface area contributed by atoms with Crippen LogP contribution in [0.5, 0.6) is 0 Å². The molecule has 0 spiro atoms. The quantitative estimate of drug-likeness (QED) is 0.680. The van der Waals surface area contributed by atoms with E-state index in [9.17, 15) is 0 Å². The number of furan rings is 1. The Morgan fingerprint density at radius 1 is 0.923 bits per heavy atom. The van der Waals surface area contributed by atoms with Gasteiger partial charge in [-0.05, 0) is 30.5 Å². The molecule has 1 atom stereocenters. The highest BCUT2D eigenvalue weighted by Gasteiger charge is 2.23. The molecule has 3 aromatic rings. The predicted octanol–water partition coefficient (Wildman–Crippen LogP) is 4.52. The number of fused-ring (bicyclic) bond motifs is 1. The van der Waals surface area contributed by atoms with E-state index >= 15 is 0 Å². The fourth-order valence-electron chi connectivity index (χ4n) is 3.79. The van der Waals surface area contributed by atoms with Crippen molar-refractivity contribution in [2.24, 2.45) is 0 Å². The van der Waals surface area contributed by atoms with E-state index in [-0.39, 0.29) is 5.41 Å². The van der Waals surface area contributed by atoms with Crippen molar-refractivity contribution in [3.63, 3.8) is 0 Å². The third-order valence-corrected chi connectivity index (χ3v) is 5.25. The lowest BCUT2D eigenvalue weighted by Crippen LogP contribution is -2.26. The average molecular weight is 340 g/mol. The highest BCUT2D eigenvalue weighted by atomic mass is 16.3. The van der Waals surface area contributed by atoms with Crippen molar-refractivity contribution in [1.29, 1.82) is 0 Å². The van der Waals surface area contributed by atoms with Crippen LogP contribution < -0.4 is 10.6 Å². The Hall–Kier alpha value is -2.80. The lowest BCUT2D eigenvalue weighted by Gasteiger charge is -2.21. The van der Waals surface area contributed by atoms with Gasteiger partial charge in [-0.3, -0.25) is 0 Å². The van der Waals surface area contributed by atoms with Gasteiger partial charge in [-0.25, -0.2) is 0 Å². The zero-order chi connectivity index (χ0) is 18.0. The summed E-state index contributed by atoms with van der Waals surface area (Å²) >= 11 is 0. The van der Waals surface area contributed by atoms with Gasteiger partial charge < -0.3 is 4.42 Å². The Morgan fingerprint density at radius 2 is 1.62 bits per heavy atom. The van der Waals surface area contributed by atoms with Gasteiger partial charge in [0.2, 0.25) is 0 Å². The predicted molar refractivity (Wildman–Crippen MR) is 108 cm³/mol. The molecule has 0 aliphatic heterocycles. The van der Waals surface area contributed by atoms with Crippen LogP contribution in [0.15, 0.2) is 77.2 Å². The smallest absolute Gasteiger partial charge is 0.131 e. The summed E-state index contributed by atoms with van der Waals surface area (Å²) in [6, 6.07) is 21.2. The minimum Gasteiger partial charge on any atom is -0.461 e. The second-order valence-corrected chi connectivity index (χ2v) is 7.12. The second-order valence-electron chi connectivity index (χ2n) is 7.12. The van der Waals surface area contributed by atoms with Crippen LogP contribution in [-0.2, 0) is 18.3 Å². The first-order valence-electron chi connectivity index (χ1n) is 9.32. The van der Waals surface area contributed by atoms with E-state index in [1.54, 1.807) is 0 Å². The molecule has 1 heteroatoms. The van der Waals surface area contributed by atoms with Crippen LogP contribution in [0.4, 0.5) is 0 Å². The van der Waals surface area contributed by atoms with Crippen molar-refractivity contribution >= 4 is 12.2 Å². The fourth-order valence-corrected chi connectivity index (χ4v) is 3.79. The normalized spacial score (nSPS) is 18.5. The topological polar surface area (TPSA) is 13.1 Å². The van der Waals surface area contributed by atoms with Gasteiger partial charge in [0, 0.05) is 22.6 Å². The maximum absolute atomic E-state index is 6.40. The summed E-state index contributed by atoms with van der Waals surface area (Å²) in [4.78, 5) is 0. The number of benzene rings is 2. The molecular formula is C25H24O. The van der Waals surface area contributed by atoms with Gasteiger partial charge in [0.1, 0.15) is 11.2 Å². The molecule has 130 valence electrons. The van der Waals surface area contributed by atoms with Crippen molar-refractivity contribution in [2.45, 2.75) is 32.1 Å². The Morgan fingerprint density at radius 3 is 2.31 bits per heavy atom. The molecule has 0 fully saturated rings. The number of hydrogen-bond donors (Lipinski definition) is 0. The average Bonchev–Trinajstić information content (AvgIpc) is 2.88. The minimum atomic E-state index is -0.171. The van der Waals surface area contributed by atoms with E-state index in [0.717, 1.165) is 24.0 Å². The zero-order valence-corrected chi connectivity index (χ0v) is 15.4. The lowest BCUT2D eigenvalue weighted by atomic mass is 9.82. The van der Waals surface area contributed by atoms with E-state index < -0.39 is 0 Å². The van der Waals surface area contributed by atoms with E-state index in [0.29, 0.717) is 0 Å². The number of hydrogen-bond acceptors (Lipinski definition) is 1. The Labute approximate surface area is 155 Å². The first-order valence-corrected chi connectivity index (χ1v) is 9.32. The van der Waals surface area contributed by atoms with Gasteiger partial charge in [-0.2, -0.15) is 0 Å². The molecule has 26 heavy (non-hydrogen) atoms. The molecule has 2 aromatic carbocycles. The van der Waals surface area contributed by atoms with Crippen molar-refractivity contribution in [1.82, 2.24) is 0 Å². The number of allylic oxidation sites excluding steroid dienone is 2. The van der Waals surface area contributed by atoms with E-state index in [1.807, 2.05) is 0 Å². The standard InChI is InChI=1S/C25H24O/c1-3-21-22-15-10-16-25(2,20-13-8-5-9-14-20)18-24(22)26-23(21)17-19-11-6-4-7-12-19/h4-16,18H,3,17H2,1-2H3. The summed E-state index contributed by atoms with van der Waals surface area (Å²) in [5.74, 6) is 1.09. The van der Waals surface area contributed by atoms with Crippen LogP contribution in [0.2, 0.25) is 0 Å². The van der Waals surface area contributed by atoms with Gasteiger partial charge in [-0.15, -0.1) is 0 Å². The van der Waals surface area contributed by atoms with Crippen molar-refractivity contribution in [2.75, 3.05) is 0 Å². The summed E-state index contributed by atoms with van der Waals surface area (Å²) in [6.45, 7) is 4.45. The van der Waals surface area contributed by atoms with E-state index in [2.05, 4.69) is 98.8 Å². The van der Waals surface area contributed by atoms with Crippen molar-refractivity contribution in [3.05, 3.63) is 106 Å². The van der Waals surface area contributed by atoms with E-state index in [4.69, 9.17) is 4.42 Å². The second kappa shape index (κ2) is 6.84. The largest absolute Gasteiger partial charge is 0.461 e. The Balaban J connectivity index is 1.84. The first-order chi connectivity index (χ1) is 12.7. The van der Waals surface area contributed by atoms with Gasteiger partial charge >= 0.3 is 0 Å². The molecule has 1 nitrogen and oxygen atoms in total. The fraction of sp³-hybridized carbons (Fsp3) is 0.200. The third kappa shape index (κ3) is 3.06. The Kier molecular flexibility index (Phi) is 4.38. The number of rotatable bonds is 4. The molecule has 0 radical (unpaired) electrons. The van der Waals surface area contributed by atoms with Crippen molar-refractivity contribution in [3.8, 4) is 0 Å². The van der Waals surface area contributed by atoms with E-state index in [1.165, 1.54) is 21.9 Å². The molecule has 0 saturated carbocycles. The van der Waals surface area contributed by atoms with Gasteiger partial charge in [0.15, 0.2) is 0 Å². The van der Waals surface area contributed by atoms with Crippen LogP contribution in [-0.4, -0.2) is 0 Å². The molecule has 0 N–H and O–H groups in total. The highest BCUT2D eigenvalue weighted by Crippen LogP contribution is 2.28. The first kappa shape index (κ1) is 16.7. The van der Waals surface area contributed by atoms with Crippen molar-refractivity contribution < 1.29 is 4.42 Å². The minimum absolute atomic E-state index is 0.171. The van der Waals surface area contributed by atoms with Crippen LogP contribution in [0.25, 0.3) is 12.2 Å². The summed E-state index contributed by atoms with van der Waals surface area (Å²) in [5.41, 5.74) is 4.70. The van der Waals surface area contributed by atoms with Gasteiger partial charge in [0.25, 0.3) is 0 Å². The summed E-state index contributed by atoms with van der Waals surface area (Å²) in [7, 11) is 0. The van der Waals surface area contributed by atoms with Crippen LogP contribution in [0, 0.1) is 0 Å². The molecule has 1 aliphatic rings. The SMILES string of the molecule is CCc1c(Cc2ccccc2)oc2c1=CC=CC(C)(c1ccccc1)C=2. The maximum atomic E-state index is 6.40. The molecule has 0 amide bonds. The maximum Gasteiger partial charge on any atom is 0.131 e. The van der Waals surface area contributed by atoms with Crippen LogP contribution in [0.1, 0.15) is 36.3 Å². The summed E-state index contributed by atoms with van der Waals surface area (Å²) in [6.07, 6.45) is 10.7. The molecule has 1 heterocycles. The third-order valence-electron chi connectivity index (χ3n) is 5.25. The molecular weight excluding hydrogens is 316 g/mol. The van der Waals surface area contributed by atoms with Crippen LogP contribution >= 0.6 is 0 Å². The highest BCUT2D eigenvalue weighted by molar-refractivity contribution is 5.56. The van der Waals surface area contributed by atoms with Gasteiger partial charge in [0.05, 0.1) is 0 Å². The van der Waals surface area contributed by atoms with Gasteiger partial charge in [-0.1, -0.05) is 85.8 Å². The molecule has 0 saturated heterocycles. The Bertz CT molecular complexity index is 1040. The molecule has 1 aromatic heterocycles.